The van der Waals surface area contributed by atoms with Gasteiger partial charge in [-0.3, -0.25) is 10.1 Å². The van der Waals surface area contributed by atoms with E-state index in [9.17, 15) is 23.3 Å². The van der Waals surface area contributed by atoms with E-state index in [-0.39, 0.29) is 5.69 Å². The summed E-state index contributed by atoms with van der Waals surface area (Å²) in [6.45, 7) is 3.30. The van der Waals surface area contributed by atoms with E-state index in [1.165, 1.54) is 17.1 Å². The highest BCUT2D eigenvalue weighted by Gasteiger charge is 2.38. The van der Waals surface area contributed by atoms with Crippen LogP contribution in [-0.4, -0.2) is 63.2 Å². The molecular formula is C20H19F3N6O5. The van der Waals surface area contributed by atoms with Crippen molar-refractivity contribution in [3.63, 3.8) is 0 Å². The largest absolute Gasteiger partial charge is 0.490 e. The Morgan fingerprint density at radius 2 is 1.79 bits per heavy atom. The van der Waals surface area contributed by atoms with E-state index in [1.54, 1.807) is 18.3 Å². The van der Waals surface area contributed by atoms with Crippen LogP contribution in [0.25, 0.3) is 5.69 Å². The van der Waals surface area contributed by atoms with Crippen LogP contribution >= 0.6 is 0 Å². The number of ether oxygens (including phenoxy) is 1. The number of aromatic nitrogens is 3. The van der Waals surface area contributed by atoms with Gasteiger partial charge in [-0.15, -0.1) is 0 Å². The van der Waals surface area contributed by atoms with E-state index >= 15 is 0 Å². The monoisotopic (exact) mass is 480 g/mol. The number of alkyl halides is 3. The van der Waals surface area contributed by atoms with E-state index in [1.807, 2.05) is 12.1 Å². The fourth-order valence-corrected chi connectivity index (χ4v) is 2.90. The van der Waals surface area contributed by atoms with Gasteiger partial charge in [0.1, 0.15) is 18.2 Å². The van der Waals surface area contributed by atoms with Crippen LogP contribution in [0, 0.1) is 10.1 Å². The maximum absolute atomic E-state index is 10.8. The van der Waals surface area contributed by atoms with Gasteiger partial charge in [0, 0.05) is 36.7 Å². The zero-order valence-corrected chi connectivity index (χ0v) is 17.5. The Labute approximate surface area is 190 Å². The first kappa shape index (κ1) is 24.4. The van der Waals surface area contributed by atoms with Gasteiger partial charge < -0.3 is 20.1 Å². The number of nitrogens with one attached hydrogen (secondary N) is 1. The Morgan fingerprint density at radius 3 is 2.35 bits per heavy atom. The Hall–Kier alpha value is -4.20. The molecule has 2 aromatic heterocycles. The van der Waals surface area contributed by atoms with Crippen LogP contribution in [0.5, 0.6) is 0 Å². The van der Waals surface area contributed by atoms with Crippen LogP contribution in [0.1, 0.15) is 0 Å². The van der Waals surface area contributed by atoms with Gasteiger partial charge in [-0.2, -0.15) is 18.3 Å². The van der Waals surface area contributed by atoms with Crippen LogP contribution in [0.4, 0.5) is 36.1 Å². The molecule has 0 atom stereocenters. The van der Waals surface area contributed by atoms with Gasteiger partial charge >= 0.3 is 17.8 Å². The molecule has 3 aromatic rings. The molecule has 0 unspecified atom stereocenters. The summed E-state index contributed by atoms with van der Waals surface area (Å²) >= 11 is 0. The summed E-state index contributed by atoms with van der Waals surface area (Å²) in [5, 5.41) is 25.2. The lowest BCUT2D eigenvalue weighted by Crippen LogP contribution is -2.36. The smallest absolute Gasteiger partial charge is 0.475 e. The van der Waals surface area contributed by atoms with Gasteiger partial charge in [0.15, 0.2) is 0 Å². The summed E-state index contributed by atoms with van der Waals surface area (Å²) in [7, 11) is 0. The Bertz CT molecular complexity index is 1130. The number of rotatable bonds is 5. The van der Waals surface area contributed by atoms with Crippen LogP contribution in [-0.2, 0) is 9.53 Å². The van der Waals surface area contributed by atoms with Crippen molar-refractivity contribution in [2.24, 2.45) is 0 Å². The Balaban J connectivity index is 0.000000406. The maximum Gasteiger partial charge on any atom is 0.490 e. The molecule has 0 aliphatic carbocycles. The third kappa shape index (κ3) is 6.65. The minimum atomic E-state index is -5.08. The molecule has 0 bridgehead atoms. The summed E-state index contributed by atoms with van der Waals surface area (Å²) in [6.07, 6.45) is -0.860. The average molecular weight is 480 g/mol. The average Bonchev–Trinajstić information content (AvgIpc) is 3.31. The van der Waals surface area contributed by atoms with Crippen molar-refractivity contribution < 1.29 is 32.7 Å². The van der Waals surface area contributed by atoms with E-state index in [2.05, 4.69) is 32.4 Å². The van der Waals surface area contributed by atoms with Crippen LogP contribution in [0.3, 0.4) is 0 Å². The van der Waals surface area contributed by atoms with Crippen molar-refractivity contribution in [1.82, 2.24) is 14.8 Å². The molecule has 3 heterocycles. The van der Waals surface area contributed by atoms with Gasteiger partial charge in [0.05, 0.1) is 23.8 Å². The predicted molar refractivity (Wildman–Crippen MR) is 114 cm³/mol. The molecule has 4 rings (SSSR count). The number of carboxylic acids is 1. The lowest BCUT2D eigenvalue weighted by Gasteiger charge is -2.28. The van der Waals surface area contributed by atoms with Gasteiger partial charge in [-0.25, -0.2) is 14.5 Å². The second-order valence-corrected chi connectivity index (χ2v) is 6.87. The van der Waals surface area contributed by atoms with Crippen LogP contribution < -0.4 is 10.2 Å². The van der Waals surface area contributed by atoms with Crippen molar-refractivity contribution in [2.45, 2.75) is 6.18 Å². The number of anilines is 3. The summed E-state index contributed by atoms with van der Waals surface area (Å²) in [6, 6.07) is 11.6. The standard InChI is InChI=1S/C18H18N6O3.C2HF3O2/c25-24(26)17-12-20-23(13-17)16-5-6-19-18(11-16)21-14-1-3-15(4-2-14)22-7-9-27-10-8-22;3-2(4,5)1(6)7/h1-6,11-13H,7-10H2,(H,19,21);(H,6,7). The van der Waals surface area contributed by atoms with Gasteiger partial charge in [0.2, 0.25) is 0 Å². The van der Waals surface area contributed by atoms with Crippen LogP contribution in [0.15, 0.2) is 55.0 Å². The molecule has 1 aliphatic heterocycles. The molecule has 0 saturated carbocycles. The highest BCUT2D eigenvalue weighted by Crippen LogP contribution is 2.22. The molecule has 11 nitrogen and oxygen atoms in total. The molecule has 0 amide bonds. The summed E-state index contributed by atoms with van der Waals surface area (Å²) in [5.41, 5.74) is 2.70. The normalized spacial score (nSPS) is 13.6. The number of benzene rings is 1. The Kier molecular flexibility index (Phi) is 7.63. The zero-order chi connectivity index (χ0) is 24.7. The number of carboxylic acid groups (broad SMARTS) is 1. The summed E-state index contributed by atoms with van der Waals surface area (Å²) in [5.74, 6) is -2.13. The minimum absolute atomic E-state index is 0.0555. The topological polar surface area (TPSA) is 136 Å². The number of hydrogen-bond acceptors (Lipinski definition) is 8. The zero-order valence-electron chi connectivity index (χ0n) is 17.5. The van der Waals surface area contributed by atoms with Gasteiger partial charge in [-0.05, 0) is 30.3 Å². The molecule has 0 spiro atoms. The molecule has 14 heteroatoms. The Morgan fingerprint density at radius 1 is 1.15 bits per heavy atom. The molecule has 1 saturated heterocycles. The summed E-state index contributed by atoms with van der Waals surface area (Å²) < 4.78 is 38.6. The van der Waals surface area contributed by atoms with E-state index in [0.29, 0.717) is 11.5 Å². The quantitative estimate of drug-likeness (QED) is 0.416. The van der Waals surface area contributed by atoms with E-state index in [4.69, 9.17) is 14.6 Å². The molecular weight excluding hydrogens is 461 g/mol. The number of nitrogens with zero attached hydrogens (tertiary/aromatic N) is 5. The molecule has 34 heavy (non-hydrogen) atoms. The van der Waals surface area contributed by atoms with Crippen molar-refractivity contribution in [2.75, 3.05) is 36.5 Å². The predicted octanol–water partition coefficient (Wildman–Crippen LogP) is 3.39. The number of hydrogen-bond donors (Lipinski definition) is 2. The maximum atomic E-state index is 10.8. The first-order valence-corrected chi connectivity index (χ1v) is 9.79. The van der Waals surface area contributed by atoms with E-state index < -0.39 is 17.1 Å². The fourth-order valence-electron chi connectivity index (χ4n) is 2.90. The third-order valence-electron chi connectivity index (χ3n) is 4.55. The SMILES string of the molecule is O=C(O)C(F)(F)F.O=[N+]([O-])c1cnn(-c2ccnc(Nc3ccc(N4CCOCC4)cc3)c2)c1. The van der Waals surface area contributed by atoms with E-state index in [0.717, 1.165) is 37.7 Å². The molecule has 180 valence electrons. The molecule has 2 N–H and O–H groups in total. The summed E-state index contributed by atoms with van der Waals surface area (Å²) in [4.78, 5) is 25.8. The lowest BCUT2D eigenvalue weighted by atomic mass is 10.2. The number of aliphatic carboxylic acids is 1. The van der Waals surface area contributed by atoms with Crippen molar-refractivity contribution in [3.8, 4) is 5.69 Å². The van der Waals surface area contributed by atoms with Crippen molar-refractivity contribution in [3.05, 3.63) is 65.1 Å². The van der Waals surface area contributed by atoms with Crippen LogP contribution in [0.2, 0.25) is 0 Å². The first-order chi connectivity index (χ1) is 16.1. The van der Waals surface area contributed by atoms with Gasteiger partial charge in [0.25, 0.3) is 0 Å². The number of carbonyl (C=O) groups is 1. The van der Waals surface area contributed by atoms with Crippen molar-refractivity contribution in [1.29, 1.82) is 0 Å². The molecule has 1 aliphatic rings. The number of morpholine rings is 1. The first-order valence-electron chi connectivity index (χ1n) is 9.79. The van der Waals surface area contributed by atoms with Gasteiger partial charge in [-0.1, -0.05) is 0 Å². The lowest BCUT2D eigenvalue weighted by molar-refractivity contribution is -0.384. The second kappa shape index (κ2) is 10.6. The highest BCUT2D eigenvalue weighted by atomic mass is 19.4. The fraction of sp³-hybridized carbons (Fsp3) is 0.250. The minimum Gasteiger partial charge on any atom is -0.475 e. The molecule has 1 fully saturated rings. The number of halogens is 3. The molecule has 1 aromatic carbocycles. The molecule has 0 radical (unpaired) electrons. The second-order valence-electron chi connectivity index (χ2n) is 6.87. The number of nitro groups is 1. The van der Waals surface area contributed by atoms with Crippen molar-refractivity contribution >= 4 is 28.8 Å². The highest BCUT2D eigenvalue weighted by molar-refractivity contribution is 5.73. The third-order valence-corrected chi connectivity index (χ3v) is 4.55. The number of pyridine rings is 1.